The van der Waals surface area contributed by atoms with Gasteiger partial charge in [0.2, 0.25) is 0 Å². The lowest BCUT2D eigenvalue weighted by molar-refractivity contribution is 0.0699. The molecule has 0 aliphatic heterocycles. The quantitative estimate of drug-likeness (QED) is 0.686. The Bertz CT molecular complexity index is 831. The minimum atomic E-state index is -0.970. The molecule has 0 atom stereocenters. The molecule has 100 valence electrons. The average molecular weight is 369 g/mol. The summed E-state index contributed by atoms with van der Waals surface area (Å²) in [5.74, 6) is -0.970. The van der Waals surface area contributed by atoms with E-state index in [9.17, 15) is 9.90 Å². The number of carboxylic acids is 1. The summed E-state index contributed by atoms with van der Waals surface area (Å²) >= 11 is 10.7. The Kier molecular flexibility index (Phi) is 3.50. The largest absolute Gasteiger partial charge is 0.478 e. The van der Waals surface area contributed by atoms with E-state index in [1.807, 2.05) is 5.38 Å². The lowest BCUT2D eigenvalue weighted by Crippen LogP contribution is -2.00. The summed E-state index contributed by atoms with van der Waals surface area (Å²) in [6.07, 6.45) is 0. The number of aromatic nitrogens is 1. The summed E-state index contributed by atoms with van der Waals surface area (Å²) in [4.78, 5) is 15.9. The van der Waals surface area contributed by atoms with E-state index in [-0.39, 0.29) is 5.56 Å². The Labute approximate surface area is 132 Å². The zero-order valence-corrected chi connectivity index (χ0v) is 13.1. The molecule has 0 aliphatic carbocycles. The first kappa shape index (κ1) is 13.5. The molecule has 0 radical (unpaired) electrons. The first-order chi connectivity index (χ1) is 9.54. The van der Waals surface area contributed by atoms with Crippen molar-refractivity contribution in [3.8, 4) is 11.3 Å². The maximum atomic E-state index is 11.4. The number of thiophene rings is 1. The minimum absolute atomic E-state index is 0.236. The minimum Gasteiger partial charge on any atom is -0.478 e. The third kappa shape index (κ3) is 2.44. The van der Waals surface area contributed by atoms with Crippen LogP contribution in [-0.4, -0.2) is 16.1 Å². The van der Waals surface area contributed by atoms with Crippen molar-refractivity contribution in [3.63, 3.8) is 0 Å². The predicted octanol–water partition coefficient (Wildman–Crippen LogP) is 5.08. The summed E-state index contributed by atoms with van der Waals surface area (Å²) in [7, 11) is 0. The van der Waals surface area contributed by atoms with Crippen molar-refractivity contribution in [3.05, 3.63) is 50.1 Å². The second-order valence-electron chi connectivity index (χ2n) is 4.16. The van der Waals surface area contributed by atoms with E-state index in [2.05, 4.69) is 20.9 Å². The molecule has 1 N–H and O–H groups in total. The molecule has 0 aliphatic rings. The Morgan fingerprint density at radius 1 is 1.30 bits per heavy atom. The highest BCUT2D eigenvalue weighted by Gasteiger charge is 2.13. The van der Waals surface area contributed by atoms with E-state index in [1.54, 1.807) is 30.3 Å². The summed E-state index contributed by atoms with van der Waals surface area (Å²) < 4.78 is 1.50. The summed E-state index contributed by atoms with van der Waals surface area (Å²) in [6.45, 7) is 0. The van der Waals surface area contributed by atoms with Gasteiger partial charge in [0.1, 0.15) is 0 Å². The van der Waals surface area contributed by atoms with Crippen LogP contribution in [0, 0.1) is 0 Å². The number of carboxylic acid groups (broad SMARTS) is 1. The molecule has 3 aromatic rings. The molecule has 0 saturated carbocycles. The van der Waals surface area contributed by atoms with E-state index in [0.717, 1.165) is 10.0 Å². The molecule has 2 heterocycles. The van der Waals surface area contributed by atoms with Gasteiger partial charge in [-0.2, -0.15) is 0 Å². The van der Waals surface area contributed by atoms with Gasteiger partial charge in [-0.15, -0.1) is 11.3 Å². The molecule has 0 bridgehead atoms. The highest BCUT2D eigenvalue weighted by molar-refractivity contribution is 9.10. The van der Waals surface area contributed by atoms with Crippen LogP contribution in [0.25, 0.3) is 22.2 Å². The van der Waals surface area contributed by atoms with Crippen LogP contribution in [0.4, 0.5) is 0 Å². The monoisotopic (exact) mass is 367 g/mol. The fourth-order valence-electron chi connectivity index (χ4n) is 1.97. The fraction of sp³-hybridized carbons (Fsp3) is 0. The standard InChI is InChI=1S/C14H7BrClNO2S/c15-8-1-2-9-10(14(18)19)5-11(17-12(9)4-8)7-3-13(16)20-6-7/h1-6H,(H,18,19). The number of halogens is 2. The second kappa shape index (κ2) is 5.16. The Balaban J connectivity index is 2.32. The molecule has 0 unspecified atom stereocenters. The second-order valence-corrected chi connectivity index (χ2v) is 6.62. The van der Waals surface area contributed by atoms with Crippen molar-refractivity contribution in [2.45, 2.75) is 0 Å². The van der Waals surface area contributed by atoms with Crippen LogP contribution in [-0.2, 0) is 0 Å². The zero-order valence-electron chi connectivity index (χ0n) is 9.93. The lowest BCUT2D eigenvalue weighted by atomic mass is 10.1. The summed E-state index contributed by atoms with van der Waals surface area (Å²) in [6, 6.07) is 8.72. The van der Waals surface area contributed by atoms with E-state index in [0.29, 0.717) is 20.9 Å². The topological polar surface area (TPSA) is 50.2 Å². The average Bonchev–Trinajstić information content (AvgIpc) is 2.83. The lowest BCUT2D eigenvalue weighted by Gasteiger charge is -2.06. The van der Waals surface area contributed by atoms with Crippen molar-refractivity contribution in [2.75, 3.05) is 0 Å². The van der Waals surface area contributed by atoms with Gasteiger partial charge >= 0.3 is 5.97 Å². The maximum absolute atomic E-state index is 11.4. The van der Waals surface area contributed by atoms with Crippen LogP contribution in [0.3, 0.4) is 0 Å². The third-order valence-electron chi connectivity index (χ3n) is 2.87. The first-order valence-corrected chi connectivity index (χ1v) is 7.67. The van der Waals surface area contributed by atoms with Crippen LogP contribution in [0.5, 0.6) is 0 Å². The SMILES string of the molecule is O=C(O)c1cc(-c2csc(Cl)c2)nc2cc(Br)ccc12. The first-order valence-electron chi connectivity index (χ1n) is 5.62. The molecule has 6 heteroatoms. The molecular formula is C14H7BrClNO2S. The number of pyridine rings is 1. The van der Waals surface area contributed by atoms with Gasteiger partial charge in [0.05, 0.1) is 21.1 Å². The van der Waals surface area contributed by atoms with Gasteiger partial charge in [-0.3, -0.25) is 0 Å². The zero-order chi connectivity index (χ0) is 14.3. The van der Waals surface area contributed by atoms with Crippen LogP contribution < -0.4 is 0 Å². The van der Waals surface area contributed by atoms with Crippen molar-refractivity contribution >= 4 is 55.7 Å². The molecule has 3 rings (SSSR count). The molecule has 2 aromatic heterocycles. The Hall–Kier alpha value is -1.43. The van der Waals surface area contributed by atoms with Crippen molar-refractivity contribution in [2.24, 2.45) is 0 Å². The molecule has 0 fully saturated rings. The number of nitrogens with zero attached hydrogens (tertiary/aromatic N) is 1. The van der Waals surface area contributed by atoms with Gasteiger partial charge in [-0.25, -0.2) is 9.78 Å². The number of fused-ring (bicyclic) bond motifs is 1. The molecule has 0 amide bonds. The van der Waals surface area contributed by atoms with E-state index in [4.69, 9.17) is 11.6 Å². The van der Waals surface area contributed by atoms with E-state index >= 15 is 0 Å². The van der Waals surface area contributed by atoms with E-state index < -0.39 is 5.97 Å². The summed E-state index contributed by atoms with van der Waals surface area (Å²) in [5, 5.41) is 11.8. The van der Waals surface area contributed by atoms with Gasteiger partial charge in [-0.1, -0.05) is 33.6 Å². The molecule has 3 nitrogen and oxygen atoms in total. The van der Waals surface area contributed by atoms with Crippen LogP contribution in [0.1, 0.15) is 10.4 Å². The van der Waals surface area contributed by atoms with Crippen molar-refractivity contribution < 1.29 is 9.90 Å². The number of hydrogen-bond acceptors (Lipinski definition) is 3. The van der Waals surface area contributed by atoms with Gasteiger partial charge in [0, 0.05) is 20.8 Å². The fourth-order valence-corrected chi connectivity index (χ4v) is 3.19. The molecule has 20 heavy (non-hydrogen) atoms. The Morgan fingerprint density at radius 2 is 2.10 bits per heavy atom. The third-order valence-corrected chi connectivity index (χ3v) is 4.45. The highest BCUT2D eigenvalue weighted by Crippen LogP contribution is 2.31. The van der Waals surface area contributed by atoms with Gasteiger partial charge < -0.3 is 5.11 Å². The number of aromatic carboxylic acids is 1. The number of benzene rings is 1. The highest BCUT2D eigenvalue weighted by atomic mass is 79.9. The van der Waals surface area contributed by atoms with Crippen molar-refractivity contribution in [1.29, 1.82) is 0 Å². The molecule has 0 saturated heterocycles. The van der Waals surface area contributed by atoms with Gasteiger partial charge in [0.15, 0.2) is 0 Å². The number of hydrogen-bond donors (Lipinski definition) is 1. The van der Waals surface area contributed by atoms with Crippen LogP contribution >= 0.6 is 38.9 Å². The molecule has 0 spiro atoms. The van der Waals surface area contributed by atoms with Gasteiger partial charge in [-0.05, 0) is 24.3 Å². The van der Waals surface area contributed by atoms with Crippen LogP contribution in [0.2, 0.25) is 4.34 Å². The van der Waals surface area contributed by atoms with Crippen LogP contribution in [0.15, 0.2) is 40.2 Å². The van der Waals surface area contributed by atoms with Gasteiger partial charge in [0.25, 0.3) is 0 Å². The number of carbonyl (C=O) groups is 1. The molecular weight excluding hydrogens is 362 g/mol. The summed E-state index contributed by atoms with van der Waals surface area (Å²) in [5.41, 5.74) is 2.30. The van der Waals surface area contributed by atoms with Crippen molar-refractivity contribution in [1.82, 2.24) is 4.98 Å². The van der Waals surface area contributed by atoms with E-state index in [1.165, 1.54) is 11.3 Å². The smallest absolute Gasteiger partial charge is 0.336 e. The predicted molar refractivity (Wildman–Crippen MR) is 84.7 cm³/mol. The maximum Gasteiger partial charge on any atom is 0.336 e. The Morgan fingerprint density at radius 3 is 2.75 bits per heavy atom. The normalized spacial score (nSPS) is 10.9. The number of rotatable bonds is 2. The molecule has 1 aromatic carbocycles.